The zero-order valence-corrected chi connectivity index (χ0v) is 13.3. The maximum absolute atomic E-state index is 13.9. The monoisotopic (exact) mass is 328 g/mol. The summed E-state index contributed by atoms with van der Waals surface area (Å²) in [6, 6.07) is 10.5. The highest BCUT2D eigenvalue weighted by Crippen LogP contribution is 2.29. The van der Waals surface area contributed by atoms with E-state index in [-0.39, 0.29) is 0 Å². The van der Waals surface area contributed by atoms with Crippen LogP contribution in [0.5, 0.6) is 0 Å². The molecule has 0 amide bonds. The maximum atomic E-state index is 13.9. The van der Waals surface area contributed by atoms with Crippen LogP contribution in [0.2, 0.25) is 0 Å². The van der Waals surface area contributed by atoms with Crippen LogP contribution in [-0.2, 0) is 12.1 Å². The van der Waals surface area contributed by atoms with Gasteiger partial charge >= 0.3 is 0 Å². The van der Waals surface area contributed by atoms with E-state index in [1.54, 1.807) is 43.7 Å². The molecule has 0 bridgehead atoms. The quantitative estimate of drug-likeness (QED) is 0.765. The van der Waals surface area contributed by atoms with Gasteiger partial charge in [-0.05, 0) is 36.6 Å². The molecule has 0 radical (unpaired) electrons. The van der Waals surface area contributed by atoms with Gasteiger partial charge in [-0.25, -0.2) is 13.8 Å². The Balaban J connectivity index is 1.77. The molecule has 124 valence electrons. The summed E-state index contributed by atoms with van der Waals surface area (Å²) in [4.78, 5) is 3.97. The van der Waals surface area contributed by atoms with Crippen molar-refractivity contribution in [2.75, 3.05) is 0 Å². The normalized spacial score (nSPS) is 13.7. The lowest BCUT2D eigenvalue weighted by Crippen LogP contribution is -2.23. The molecule has 3 nitrogen and oxygen atoms in total. The second-order valence-electron chi connectivity index (χ2n) is 6.03. The van der Waals surface area contributed by atoms with Gasteiger partial charge < -0.3 is 9.67 Å². The largest absolute Gasteiger partial charge is 0.385 e. The number of nitrogens with zero attached hydrogens (tertiary/aromatic N) is 2. The molecule has 3 rings (SSSR count). The second-order valence-corrected chi connectivity index (χ2v) is 6.03. The first-order chi connectivity index (χ1) is 11.5. The van der Waals surface area contributed by atoms with E-state index in [9.17, 15) is 13.9 Å². The molecular weight excluding hydrogens is 310 g/mol. The maximum Gasteiger partial charge on any atom is 0.133 e. The van der Waals surface area contributed by atoms with Gasteiger partial charge in [-0.3, -0.25) is 0 Å². The fourth-order valence-electron chi connectivity index (χ4n) is 2.64. The Labute approximate surface area is 139 Å². The second kappa shape index (κ2) is 6.53. The number of imidazole rings is 1. The minimum atomic E-state index is -1.01. The number of aromatic nitrogens is 2. The van der Waals surface area contributed by atoms with Crippen molar-refractivity contribution in [3.63, 3.8) is 0 Å². The summed E-state index contributed by atoms with van der Waals surface area (Å²) < 4.78 is 28.8. The molecule has 1 atom stereocenters. The molecule has 2 aromatic carbocycles. The number of aliphatic hydroxyl groups is 1. The SMILES string of the molecule is CC(O)(CCn1ccnc1)c1ccc(-c2ccc(F)cc2F)cc1. The highest BCUT2D eigenvalue weighted by Gasteiger charge is 2.23. The van der Waals surface area contributed by atoms with Crippen molar-refractivity contribution in [2.24, 2.45) is 0 Å². The van der Waals surface area contributed by atoms with Crippen LogP contribution < -0.4 is 0 Å². The predicted octanol–water partition coefficient (Wildman–Crippen LogP) is 4.13. The Hall–Kier alpha value is -2.53. The van der Waals surface area contributed by atoms with Crippen LogP contribution in [0, 0.1) is 11.6 Å². The lowest BCUT2D eigenvalue weighted by molar-refractivity contribution is 0.0431. The van der Waals surface area contributed by atoms with Crippen molar-refractivity contribution in [3.8, 4) is 11.1 Å². The van der Waals surface area contributed by atoms with Crippen LogP contribution >= 0.6 is 0 Å². The van der Waals surface area contributed by atoms with Crippen LogP contribution in [0.15, 0.2) is 61.2 Å². The molecule has 0 fully saturated rings. The average molecular weight is 328 g/mol. The smallest absolute Gasteiger partial charge is 0.133 e. The van der Waals surface area contributed by atoms with E-state index in [1.807, 2.05) is 10.8 Å². The van der Waals surface area contributed by atoms with Crippen molar-refractivity contribution in [3.05, 3.63) is 78.4 Å². The highest BCUT2D eigenvalue weighted by atomic mass is 19.1. The fraction of sp³-hybridized carbons (Fsp3) is 0.211. The summed E-state index contributed by atoms with van der Waals surface area (Å²) >= 11 is 0. The number of hydrogen-bond acceptors (Lipinski definition) is 2. The average Bonchev–Trinajstić information content (AvgIpc) is 3.07. The molecular formula is C19H18F2N2O. The van der Waals surface area contributed by atoms with Gasteiger partial charge in [0.25, 0.3) is 0 Å². The van der Waals surface area contributed by atoms with E-state index in [4.69, 9.17) is 0 Å². The first-order valence-corrected chi connectivity index (χ1v) is 7.70. The minimum absolute atomic E-state index is 0.334. The topological polar surface area (TPSA) is 38.0 Å². The molecule has 1 heterocycles. The van der Waals surface area contributed by atoms with E-state index in [2.05, 4.69) is 4.98 Å². The molecule has 0 aliphatic heterocycles. The van der Waals surface area contributed by atoms with Crippen LogP contribution in [0.25, 0.3) is 11.1 Å². The van der Waals surface area contributed by atoms with Gasteiger partial charge in [0.1, 0.15) is 11.6 Å². The van der Waals surface area contributed by atoms with Gasteiger partial charge in [-0.1, -0.05) is 24.3 Å². The first kappa shape index (κ1) is 16.3. The summed E-state index contributed by atoms with van der Waals surface area (Å²) in [5.74, 6) is -1.20. The summed E-state index contributed by atoms with van der Waals surface area (Å²) in [6.07, 6.45) is 5.77. The highest BCUT2D eigenvalue weighted by molar-refractivity contribution is 5.64. The van der Waals surface area contributed by atoms with Crippen molar-refractivity contribution >= 4 is 0 Å². The minimum Gasteiger partial charge on any atom is -0.385 e. The van der Waals surface area contributed by atoms with E-state index in [1.165, 1.54) is 12.1 Å². The van der Waals surface area contributed by atoms with Gasteiger partial charge in [0.05, 0.1) is 11.9 Å². The molecule has 1 unspecified atom stereocenters. The van der Waals surface area contributed by atoms with Crippen molar-refractivity contribution in [1.82, 2.24) is 9.55 Å². The molecule has 0 aliphatic carbocycles. The third kappa shape index (κ3) is 3.51. The molecule has 0 saturated carbocycles. The molecule has 0 saturated heterocycles. The van der Waals surface area contributed by atoms with Crippen LogP contribution in [0.3, 0.4) is 0 Å². The van der Waals surface area contributed by atoms with Crippen LogP contribution in [-0.4, -0.2) is 14.7 Å². The fourth-order valence-corrected chi connectivity index (χ4v) is 2.64. The van der Waals surface area contributed by atoms with Crippen LogP contribution in [0.1, 0.15) is 18.9 Å². The predicted molar refractivity (Wildman–Crippen MR) is 88.2 cm³/mol. The molecule has 0 spiro atoms. The molecule has 1 aromatic heterocycles. The third-order valence-corrected chi connectivity index (χ3v) is 4.16. The molecule has 3 aromatic rings. The van der Waals surface area contributed by atoms with Gasteiger partial charge in [0, 0.05) is 30.6 Å². The van der Waals surface area contributed by atoms with Gasteiger partial charge in [-0.15, -0.1) is 0 Å². The van der Waals surface area contributed by atoms with Crippen molar-refractivity contribution in [2.45, 2.75) is 25.5 Å². The number of halogens is 2. The Bertz CT molecular complexity index is 812. The Kier molecular flexibility index (Phi) is 4.44. The van der Waals surface area contributed by atoms with Crippen molar-refractivity contribution < 1.29 is 13.9 Å². The van der Waals surface area contributed by atoms with Gasteiger partial charge in [-0.2, -0.15) is 0 Å². The third-order valence-electron chi connectivity index (χ3n) is 4.16. The lowest BCUT2D eigenvalue weighted by atomic mass is 9.91. The summed E-state index contributed by atoms with van der Waals surface area (Å²) in [7, 11) is 0. The number of hydrogen-bond donors (Lipinski definition) is 1. The summed E-state index contributed by atoms with van der Waals surface area (Å²) in [5, 5.41) is 10.7. The van der Waals surface area contributed by atoms with E-state index < -0.39 is 17.2 Å². The summed E-state index contributed by atoms with van der Waals surface area (Å²) in [5.41, 5.74) is 0.709. The van der Waals surface area contributed by atoms with E-state index >= 15 is 0 Å². The Morgan fingerprint density at radius 2 is 1.88 bits per heavy atom. The standard InChI is InChI=1S/C19H18F2N2O/c1-19(24,8-10-23-11-9-22-13-23)15-4-2-14(3-5-15)17-7-6-16(20)12-18(17)21/h2-7,9,11-13,24H,8,10H2,1H3. The summed E-state index contributed by atoms with van der Waals surface area (Å²) in [6.45, 7) is 2.39. The lowest BCUT2D eigenvalue weighted by Gasteiger charge is -2.24. The van der Waals surface area contributed by atoms with Gasteiger partial charge in [0.2, 0.25) is 0 Å². The first-order valence-electron chi connectivity index (χ1n) is 7.70. The molecule has 0 aliphatic rings. The zero-order valence-electron chi connectivity index (χ0n) is 13.3. The molecule has 1 N–H and O–H groups in total. The van der Waals surface area contributed by atoms with Crippen molar-refractivity contribution in [1.29, 1.82) is 0 Å². The molecule has 5 heteroatoms. The van der Waals surface area contributed by atoms with Gasteiger partial charge in [0.15, 0.2) is 0 Å². The Morgan fingerprint density at radius 1 is 1.12 bits per heavy atom. The number of rotatable bonds is 5. The van der Waals surface area contributed by atoms with E-state index in [0.717, 1.165) is 11.6 Å². The number of benzene rings is 2. The zero-order chi connectivity index (χ0) is 17.2. The van der Waals surface area contributed by atoms with Crippen LogP contribution in [0.4, 0.5) is 8.78 Å². The number of aryl methyl sites for hydroxylation is 1. The van der Waals surface area contributed by atoms with E-state index in [0.29, 0.717) is 24.1 Å². The Morgan fingerprint density at radius 3 is 2.50 bits per heavy atom. The molecule has 24 heavy (non-hydrogen) atoms.